The van der Waals surface area contributed by atoms with Crippen LogP contribution in [0.3, 0.4) is 0 Å². The highest BCUT2D eigenvalue weighted by molar-refractivity contribution is 5.77. The Bertz CT molecular complexity index is 300. The first-order chi connectivity index (χ1) is 9.13. The smallest absolute Gasteiger partial charge is 0.221 e. The Morgan fingerprint density at radius 2 is 2.05 bits per heavy atom. The SMILES string of the molecule is CCN1CCCC1CNC(=O)CC1(N)CCCCC1. The van der Waals surface area contributed by atoms with E-state index < -0.39 is 0 Å². The summed E-state index contributed by atoms with van der Waals surface area (Å²) in [6.07, 6.45) is 8.61. The van der Waals surface area contributed by atoms with E-state index >= 15 is 0 Å². The number of hydrogen-bond donors (Lipinski definition) is 2. The molecule has 1 heterocycles. The number of carbonyl (C=O) groups is 1. The van der Waals surface area contributed by atoms with Crippen LogP contribution in [0, 0.1) is 0 Å². The van der Waals surface area contributed by atoms with E-state index in [4.69, 9.17) is 5.73 Å². The second kappa shape index (κ2) is 6.71. The van der Waals surface area contributed by atoms with E-state index in [1.807, 2.05) is 0 Å². The van der Waals surface area contributed by atoms with Crippen molar-refractivity contribution in [1.82, 2.24) is 10.2 Å². The average molecular weight is 267 g/mol. The first-order valence-electron chi connectivity index (χ1n) is 7.92. The molecule has 2 rings (SSSR count). The molecule has 0 aromatic rings. The van der Waals surface area contributed by atoms with Crippen molar-refractivity contribution in [3.8, 4) is 0 Å². The van der Waals surface area contributed by atoms with Gasteiger partial charge in [0.15, 0.2) is 0 Å². The van der Waals surface area contributed by atoms with Crippen molar-refractivity contribution in [2.75, 3.05) is 19.6 Å². The number of likely N-dealkylation sites (N-methyl/N-ethyl adjacent to an activating group) is 1. The topological polar surface area (TPSA) is 58.4 Å². The summed E-state index contributed by atoms with van der Waals surface area (Å²) in [7, 11) is 0. The Labute approximate surface area is 117 Å². The molecule has 2 fully saturated rings. The summed E-state index contributed by atoms with van der Waals surface area (Å²) < 4.78 is 0. The number of nitrogens with two attached hydrogens (primary N) is 1. The lowest BCUT2D eigenvalue weighted by Gasteiger charge is -2.33. The molecule has 1 saturated heterocycles. The molecule has 1 saturated carbocycles. The zero-order valence-corrected chi connectivity index (χ0v) is 12.3. The standard InChI is InChI=1S/C15H29N3O/c1-2-18-10-6-7-13(18)12-17-14(19)11-15(16)8-4-3-5-9-15/h13H,2-12,16H2,1H3,(H,17,19). The van der Waals surface area contributed by atoms with Crippen molar-refractivity contribution >= 4 is 5.91 Å². The van der Waals surface area contributed by atoms with Crippen LogP contribution in [0.4, 0.5) is 0 Å². The molecular formula is C15H29N3O. The molecule has 19 heavy (non-hydrogen) atoms. The quantitative estimate of drug-likeness (QED) is 0.796. The average Bonchev–Trinajstić information content (AvgIpc) is 2.84. The number of carbonyl (C=O) groups excluding carboxylic acids is 1. The monoisotopic (exact) mass is 267 g/mol. The minimum absolute atomic E-state index is 0.146. The predicted molar refractivity (Wildman–Crippen MR) is 77.9 cm³/mol. The van der Waals surface area contributed by atoms with Crippen LogP contribution in [0.15, 0.2) is 0 Å². The second-order valence-corrected chi connectivity index (χ2v) is 6.33. The predicted octanol–water partition coefficient (Wildman–Crippen LogP) is 1.64. The molecule has 1 unspecified atom stereocenters. The van der Waals surface area contributed by atoms with Gasteiger partial charge in [-0.25, -0.2) is 0 Å². The third-order valence-electron chi connectivity index (χ3n) is 4.80. The second-order valence-electron chi connectivity index (χ2n) is 6.33. The van der Waals surface area contributed by atoms with Gasteiger partial charge < -0.3 is 11.1 Å². The van der Waals surface area contributed by atoms with Gasteiger partial charge in [0.25, 0.3) is 0 Å². The largest absolute Gasteiger partial charge is 0.354 e. The Hall–Kier alpha value is -0.610. The molecule has 2 aliphatic rings. The van der Waals surface area contributed by atoms with Crippen molar-refractivity contribution in [2.24, 2.45) is 5.73 Å². The number of rotatable bonds is 5. The fraction of sp³-hybridized carbons (Fsp3) is 0.933. The van der Waals surface area contributed by atoms with Gasteiger partial charge in [-0.3, -0.25) is 9.69 Å². The van der Waals surface area contributed by atoms with Gasteiger partial charge in [0.2, 0.25) is 5.91 Å². The fourth-order valence-corrected chi connectivity index (χ4v) is 3.59. The van der Waals surface area contributed by atoms with E-state index in [9.17, 15) is 4.79 Å². The summed E-state index contributed by atoms with van der Waals surface area (Å²) in [6, 6.07) is 0.536. The van der Waals surface area contributed by atoms with Crippen LogP contribution in [0.2, 0.25) is 0 Å². The summed E-state index contributed by atoms with van der Waals surface area (Å²) in [6.45, 7) is 5.25. The van der Waals surface area contributed by atoms with Gasteiger partial charge in [-0.15, -0.1) is 0 Å². The van der Waals surface area contributed by atoms with Crippen molar-refractivity contribution in [1.29, 1.82) is 0 Å². The minimum Gasteiger partial charge on any atom is -0.354 e. The number of likely N-dealkylation sites (tertiary alicyclic amines) is 1. The zero-order valence-electron chi connectivity index (χ0n) is 12.3. The van der Waals surface area contributed by atoms with E-state index in [1.54, 1.807) is 0 Å². The molecule has 4 nitrogen and oxygen atoms in total. The normalized spacial score (nSPS) is 27.4. The summed E-state index contributed by atoms with van der Waals surface area (Å²) in [5, 5.41) is 3.10. The van der Waals surface area contributed by atoms with Crippen LogP contribution in [0.5, 0.6) is 0 Å². The van der Waals surface area contributed by atoms with Gasteiger partial charge in [0.1, 0.15) is 0 Å². The van der Waals surface area contributed by atoms with Crippen LogP contribution in [-0.4, -0.2) is 42.0 Å². The zero-order chi connectivity index (χ0) is 13.7. The summed E-state index contributed by atoms with van der Waals surface area (Å²) in [5.74, 6) is 0.146. The first-order valence-corrected chi connectivity index (χ1v) is 7.92. The van der Waals surface area contributed by atoms with Crippen molar-refractivity contribution in [3.05, 3.63) is 0 Å². The van der Waals surface area contributed by atoms with Gasteiger partial charge in [0, 0.05) is 24.5 Å². The highest BCUT2D eigenvalue weighted by Crippen LogP contribution is 2.28. The molecule has 0 bridgehead atoms. The number of nitrogens with one attached hydrogen (secondary N) is 1. The van der Waals surface area contributed by atoms with Crippen molar-refractivity contribution < 1.29 is 4.79 Å². The molecule has 0 radical (unpaired) electrons. The molecule has 4 heteroatoms. The highest BCUT2D eigenvalue weighted by Gasteiger charge is 2.30. The minimum atomic E-state index is -0.234. The van der Waals surface area contributed by atoms with Crippen molar-refractivity contribution in [2.45, 2.75) is 69.9 Å². The summed E-state index contributed by atoms with van der Waals surface area (Å²) in [4.78, 5) is 14.5. The van der Waals surface area contributed by atoms with Crippen LogP contribution in [0.1, 0.15) is 58.3 Å². The lowest BCUT2D eigenvalue weighted by Crippen LogP contribution is -2.47. The summed E-state index contributed by atoms with van der Waals surface area (Å²) in [5.41, 5.74) is 6.09. The highest BCUT2D eigenvalue weighted by atomic mass is 16.1. The van der Waals surface area contributed by atoms with Gasteiger partial charge in [-0.05, 0) is 38.8 Å². The van der Waals surface area contributed by atoms with Crippen LogP contribution >= 0.6 is 0 Å². The van der Waals surface area contributed by atoms with Crippen molar-refractivity contribution in [3.63, 3.8) is 0 Å². The number of hydrogen-bond acceptors (Lipinski definition) is 3. The molecule has 3 N–H and O–H groups in total. The number of nitrogens with zero attached hydrogens (tertiary/aromatic N) is 1. The van der Waals surface area contributed by atoms with E-state index in [1.165, 1.54) is 38.6 Å². The summed E-state index contributed by atoms with van der Waals surface area (Å²) >= 11 is 0. The Kier molecular flexibility index (Phi) is 5.22. The molecule has 0 spiro atoms. The maximum Gasteiger partial charge on any atom is 0.221 e. The van der Waals surface area contributed by atoms with Gasteiger partial charge in [-0.1, -0.05) is 26.2 Å². The maximum atomic E-state index is 12.1. The fourth-order valence-electron chi connectivity index (χ4n) is 3.59. The number of amides is 1. The van der Waals surface area contributed by atoms with E-state index in [2.05, 4.69) is 17.1 Å². The third kappa shape index (κ3) is 4.18. The van der Waals surface area contributed by atoms with Crippen LogP contribution in [-0.2, 0) is 4.79 Å². The van der Waals surface area contributed by atoms with Gasteiger partial charge in [0.05, 0.1) is 0 Å². The Morgan fingerprint density at radius 1 is 1.32 bits per heavy atom. The van der Waals surface area contributed by atoms with E-state index in [-0.39, 0.29) is 11.4 Å². The van der Waals surface area contributed by atoms with Gasteiger partial charge in [-0.2, -0.15) is 0 Å². The molecular weight excluding hydrogens is 238 g/mol. The molecule has 1 amide bonds. The van der Waals surface area contributed by atoms with E-state index in [0.717, 1.165) is 25.9 Å². The lowest BCUT2D eigenvalue weighted by atomic mass is 9.80. The Morgan fingerprint density at radius 3 is 2.74 bits per heavy atom. The van der Waals surface area contributed by atoms with Crippen LogP contribution < -0.4 is 11.1 Å². The molecule has 1 aliphatic carbocycles. The maximum absolute atomic E-state index is 12.1. The van der Waals surface area contributed by atoms with Crippen LogP contribution in [0.25, 0.3) is 0 Å². The molecule has 0 aromatic heterocycles. The van der Waals surface area contributed by atoms with E-state index in [0.29, 0.717) is 12.5 Å². The molecule has 1 atom stereocenters. The van der Waals surface area contributed by atoms with Gasteiger partial charge >= 0.3 is 0 Å². The molecule has 110 valence electrons. The third-order valence-corrected chi connectivity index (χ3v) is 4.80. The molecule has 1 aliphatic heterocycles. The first kappa shape index (κ1) is 14.8. The Balaban J connectivity index is 1.72. The molecule has 0 aromatic carbocycles. The lowest BCUT2D eigenvalue weighted by molar-refractivity contribution is -0.122.